The monoisotopic (exact) mass is 362 g/mol. The van der Waals surface area contributed by atoms with Gasteiger partial charge in [0.2, 0.25) is 0 Å². The molecule has 7 heteroatoms. The molecular weight excluding hydrogens is 339 g/mol. The SMILES string of the molecule is CN1CCN([C@H](CNC(=O)Nc2ccc(F)cc2)c2ccsc2)CC1. The van der Waals surface area contributed by atoms with Crippen molar-refractivity contribution >= 4 is 23.1 Å². The van der Waals surface area contributed by atoms with Crippen molar-refractivity contribution in [1.82, 2.24) is 15.1 Å². The van der Waals surface area contributed by atoms with Crippen LogP contribution in [0.25, 0.3) is 0 Å². The Bertz CT molecular complexity index is 669. The van der Waals surface area contributed by atoms with Crippen LogP contribution in [0.1, 0.15) is 11.6 Å². The number of nitrogens with one attached hydrogen (secondary N) is 2. The van der Waals surface area contributed by atoms with Crippen molar-refractivity contribution in [2.24, 2.45) is 0 Å². The molecule has 2 amide bonds. The van der Waals surface area contributed by atoms with Gasteiger partial charge in [-0.25, -0.2) is 9.18 Å². The van der Waals surface area contributed by atoms with Crippen LogP contribution >= 0.6 is 11.3 Å². The second-order valence-corrected chi connectivity index (χ2v) is 7.03. The smallest absolute Gasteiger partial charge is 0.319 e. The highest BCUT2D eigenvalue weighted by Gasteiger charge is 2.24. The number of carbonyl (C=O) groups excluding carboxylic acids is 1. The van der Waals surface area contributed by atoms with E-state index in [1.54, 1.807) is 23.5 Å². The molecule has 5 nitrogen and oxygen atoms in total. The first kappa shape index (κ1) is 17.8. The van der Waals surface area contributed by atoms with Gasteiger partial charge in [-0.2, -0.15) is 11.3 Å². The van der Waals surface area contributed by atoms with Crippen molar-refractivity contribution in [2.45, 2.75) is 6.04 Å². The highest BCUT2D eigenvalue weighted by atomic mass is 32.1. The van der Waals surface area contributed by atoms with Gasteiger partial charge in [0.25, 0.3) is 0 Å². The molecule has 0 saturated carbocycles. The lowest BCUT2D eigenvalue weighted by Gasteiger charge is -2.37. The Labute approximate surface area is 151 Å². The highest BCUT2D eigenvalue weighted by Crippen LogP contribution is 2.23. The van der Waals surface area contributed by atoms with E-state index in [0.29, 0.717) is 12.2 Å². The zero-order valence-electron chi connectivity index (χ0n) is 14.2. The number of urea groups is 1. The number of halogens is 1. The number of thiophene rings is 1. The molecule has 1 aliphatic heterocycles. The molecule has 1 aromatic heterocycles. The molecular formula is C18H23FN4OS. The predicted octanol–water partition coefficient (Wildman–Crippen LogP) is 3.00. The number of hydrogen-bond acceptors (Lipinski definition) is 4. The van der Waals surface area contributed by atoms with Crippen LogP contribution in [0.15, 0.2) is 41.1 Å². The summed E-state index contributed by atoms with van der Waals surface area (Å²) in [5, 5.41) is 9.89. The Morgan fingerprint density at radius 3 is 2.56 bits per heavy atom. The van der Waals surface area contributed by atoms with Crippen LogP contribution in [0.5, 0.6) is 0 Å². The minimum atomic E-state index is -0.321. The van der Waals surface area contributed by atoms with Crippen LogP contribution in [-0.4, -0.2) is 55.6 Å². The second kappa shape index (κ2) is 8.42. The Kier molecular flexibility index (Phi) is 6.01. The molecule has 0 bridgehead atoms. The maximum Gasteiger partial charge on any atom is 0.319 e. The fourth-order valence-corrected chi connectivity index (χ4v) is 3.66. The van der Waals surface area contributed by atoms with Crippen LogP contribution in [0, 0.1) is 5.82 Å². The van der Waals surface area contributed by atoms with E-state index in [4.69, 9.17) is 0 Å². The number of hydrogen-bond donors (Lipinski definition) is 2. The van der Waals surface area contributed by atoms with Gasteiger partial charge in [-0.3, -0.25) is 4.90 Å². The van der Waals surface area contributed by atoms with Crippen molar-refractivity contribution in [1.29, 1.82) is 0 Å². The summed E-state index contributed by atoms with van der Waals surface area (Å²) in [5.41, 5.74) is 1.81. The Morgan fingerprint density at radius 1 is 1.20 bits per heavy atom. The highest BCUT2D eigenvalue weighted by molar-refractivity contribution is 7.07. The molecule has 1 atom stereocenters. The number of benzene rings is 1. The van der Waals surface area contributed by atoms with Gasteiger partial charge in [0, 0.05) is 38.4 Å². The number of nitrogens with zero attached hydrogens (tertiary/aromatic N) is 2. The van der Waals surface area contributed by atoms with Crippen LogP contribution in [0.2, 0.25) is 0 Å². The zero-order chi connectivity index (χ0) is 17.6. The molecule has 1 saturated heterocycles. The lowest BCUT2D eigenvalue weighted by Crippen LogP contribution is -2.48. The maximum absolute atomic E-state index is 12.9. The Hall–Kier alpha value is -1.96. The fraction of sp³-hybridized carbons (Fsp3) is 0.389. The minimum Gasteiger partial charge on any atom is -0.336 e. The molecule has 1 aromatic carbocycles. The largest absolute Gasteiger partial charge is 0.336 e. The Balaban J connectivity index is 1.58. The first-order valence-corrected chi connectivity index (χ1v) is 9.31. The summed E-state index contributed by atoms with van der Waals surface area (Å²) < 4.78 is 12.9. The molecule has 0 radical (unpaired) electrons. The van der Waals surface area contributed by atoms with Crippen LogP contribution in [-0.2, 0) is 0 Å². The number of carbonyl (C=O) groups is 1. The summed E-state index contributed by atoms with van der Waals surface area (Å²) in [6, 6.07) is 7.76. The third-order valence-corrected chi connectivity index (χ3v) is 5.17. The summed E-state index contributed by atoms with van der Waals surface area (Å²) in [5.74, 6) is -0.321. The standard InChI is InChI=1S/C18H23FN4OS/c1-22-7-9-23(10-8-22)17(14-6-11-25-13-14)12-20-18(24)21-16-4-2-15(19)3-5-16/h2-6,11,13,17H,7-10,12H2,1H3,(H2,20,21,24)/t17-/m1/s1. The van der Waals surface area contributed by atoms with Gasteiger partial charge in [0.1, 0.15) is 5.82 Å². The zero-order valence-corrected chi connectivity index (χ0v) is 15.1. The molecule has 0 aliphatic carbocycles. The summed E-state index contributed by atoms with van der Waals surface area (Å²) in [6.07, 6.45) is 0. The average Bonchev–Trinajstić information content (AvgIpc) is 3.13. The molecule has 0 spiro atoms. The molecule has 2 N–H and O–H groups in total. The van der Waals surface area contributed by atoms with Gasteiger partial charge < -0.3 is 15.5 Å². The van der Waals surface area contributed by atoms with Crippen LogP contribution < -0.4 is 10.6 Å². The van der Waals surface area contributed by atoms with Gasteiger partial charge in [0.15, 0.2) is 0 Å². The average molecular weight is 362 g/mol. The van der Waals surface area contributed by atoms with E-state index in [2.05, 4.69) is 44.3 Å². The van der Waals surface area contributed by atoms with Crippen LogP contribution in [0.3, 0.4) is 0 Å². The number of rotatable bonds is 5. The maximum atomic E-state index is 12.9. The van der Waals surface area contributed by atoms with Crippen molar-refractivity contribution in [2.75, 3.05) is 45.1 Å². The van der Waals surface area contributed by atoms with Gasteiger partial charge in [-0.05, 0) is 53.7 Å². The number of amides is 2. The topological polar surface area (TPSA) is 47.6 Å². The Morgan fingerprint density at radius 2 is 1.92 bits per heavy atom. The van der Waals surface area contributed by atoms with Gasteiger partial charge >= 0.3 is 6.03 Å². The molecule has 1 fully saturated rings. The number of anilines is 1. The van der Waals surface area contributed by atoms with Crippen molar-refractivity contribution < 1.29 is 9.18 Å². The molecule has 25 heavy (non-hydrogen) atoms. The number of likely N-dealkylation sites (N-methyl/N-ethyl adjacent to an activating group) is 1. The fourth-order valence-electron chi connectivity index (χ4n) is 2.95. The van der Waals surface area contributed by atoms with E-state index in [0.717, 1.165) is 26.2 Å². The van der Waals surface area contributed by atoms with Gasteiger partial charge in [-0.1, -0.05) is 0 Å². The summed E-state index contributed by atoms with van der Waals surface area (Å²) >= 11 is 1.67. The minimum absolute atomic E-state index is 0.166. The third kappa shape index (κ3) is 5.01. The lowest BCUT2D eigenvalue weighted by atomic mass is 10.1. The summed E-state index contributed by atoms with van der Waals surface area (Å²) in [4.78, 5) is 16.9. The van der Waals surface area contributed by atoms with E-state index in [-0.39, 0.29) is 17.9 Å². The lowest BCUT2D eigenvalue weighted by molar-refractivity contribution is 0.111. The first-order valence-electron chi connectivity index (χ1n) is 8.37. The van der Waals surface area contributed by atoms with Crippen molar-refractivity contribution in [3.05, 3.63) is 52.5 Å². The second-order valence-electron chi connectivity index (χ2n) is 6.25. The van der Waals surface area contributed by atoms with Crippen molar-refractivity contribution in [3.8, 4) is 0 Å². The molecule has 0 unspecified atom stereocenters. The molecule has 3 rings (SSSR count). The quantitative estimate of drug-likeness (QED) is 0.860. The van der Waals surface area contributed by atoms with Gasteiger partial charge in [-0.15, -0.1) is 0 Å². The first-order chi connectivity index (χ1) is 12.1. The molecule has 134 valence electrons. The van der Waals surface area contributed by atoms with E-state index in [1.807, 2.05) is 0 Å². The van der Waals surface area contributed by atoms with E-state index < -0.39 is 0 Å². The predicted molar refractivity (Wildman–Crippen MR) is 99.6 cm³/mol. The third-order valence-electron chi connectivity index (χ3n) is 4.46. The molecule has 1 aliphatic rings. The van der Waals surface area contributed by atoms with E-state index in [1.165, 1.54) is 17.7 Å². The van der Waals surface area contributed by atoms with Crippen LogP contribution in [0.4, 0.5) is 14.9 Å². The van der Waals surface area contributed by atoms with E-state index >= 15 is 0 Å². The van der Waals surface area contributed by atoms with Gasteiger partial charge in [0.05, 0.1) is 6.04 Å². The number of piperazine rings is 1. The normalized spacial score (nSPS) is 17.2. The van der Waals surface area contributed by atoms with Crippen molar-refractivity contribution in [3.63, 3.8) is 0 Å². The molecule has 2 heterocycles. The summed E-state index contributed by atoms with van der Waals surface area (Å²) in [6.45, 7) is 4.56. The molecule has 2 aromatic rings. The van der Waals surface area contributed by atoms with E-state index in [9.17, 15) is 9.18 Å². The summed E-state index contributed by atoms with van der Waals surface area (Å²) in [7, 11) is 2.13.